The molecular weight excluding hydrogens is 218 g/mol. The Morgan fingerprint density at radius 3 is 2.47 bits per heavy atom. The van der Waals surface area contributed by atoms with Gasteiger partial charge in [0.05, 0.1) is 0 Å². The third-order valence-electron chi connectivity index (χ3n) is 2.63. The number of hydrogen-bond donors (Lipinski definition) is 1. The zero-order chi connectivity index (χ0) is 12.1. The molecule has 0 amide bonds. The zero-order valence-electron chi connectivity index (χ0n) is 9.23. The lowest BCUT2D eigenvalue weighted by atomic mass is 10.1. The molecule has 0 saturated carbocycles. The summed E-state index contributed by atoms with van der Waals surface area (Å²) < 4.78 is 1.52. The minimum Gasteiger partial charge on any atom is -0.480 e. The number of carboxylic acid groups (broad SMARTS) is 1. The van der Waals surface area contributed by atoms with Crippen LogP contribution in [0.15, 0.2) is 43.0 Å². The average Bonchev–Trinajstić information content (AvgIpc) is 2.84. The predicted octanol–water partition coefficient (Wildman–Crippen LogP) is 1.54. The quantitative estimate of drug-likeness (QED) is 0.847. The van der Waals surface area contributed by atoms with Gasteiger partial charge in [0.1, 0.15) is 18.7 Å². The third kappa shape index (κ3) is 2.90. The molecule has 0 aliphatic carbocycles. The van der Waals surface area contributed by atoms with Gasteiger partial charge in [-0.3, -0.25) is 0 Å². The number of benzene rings is 1. The van der Waals surface area contributed by atoms with Gasteiger partial charge in [-0.25, -0.2) is 4.79 Å². The molecule has 1 unspecified atom stereocenters. The fourth-order valence-corrected chi connectivity index (χ4v) is 1.72. The number of carbonyl (C=O) groups is 1. The highest BCUT2D eigenvalue weighted by atomic mass is 16.4. The van der Waals surface area contributed by atoms with Crippen LogP contribution in [0.5, 0.6) is 0 Å². The Hall–Kier alpha value is -2.17. The monoisotopic (exact) mass is 231 g/mol. The standard InChI is InChI=1S/C12H13N3O2/c16-12(17)11(15-8-13-14-9-15)7-6-10-4-2-1-3-5-10/h1-5,8-9,11H,6-7H2,(H,16,17). The van der Waals surface area contributed by atoms with Crippen LogP contribution in [0.4, 0.5) is 0 Å². The molecule has 2 aromatic rings. The average molecular weight is 231 g/mol. The molecule has 0 spiro atoms. The summed E-state index contributed by atoms with van der Waals surface area (Å²) in [5, 5.41) is 16.4. The van der Waals surface area contributed by atoms with E-state index in [0.717, 1.165) is 12.0 Å². The van der Waals surface area contributed by atoms with Gasteiger partial charge in [0.2, 0.25) is 0 Å². The van der Waals surface area contributed by atoms with Gasteiger partial charge < -0.3 is 9.67 Å². The summed E-state index contributed by atoms with van der Waals surface area (Å²) >= 11 is 0. The van der Waals surface area contributed by atoms with Crippen LogP contribution in [0.25, 0.3) is 0 Å². The van der Waals surface area contributed by atoms with Gasteiger partial charge in [-0.2, -0.15) is 0 Å². The van der Waals surface area contributed by atoms with E-state index in [-0.39, 0.29) is 0 Å². The first-order chi connectivity index (χ1) is 8.27. The molecule has 0 radical (unpaired) electrons. The first-order valence-electron chi connectivity index (χ1n) is 5.38. The molecule has 5 nitrogen and oxygen atoms in total. The number of aliphatic carboxylic acids is 1. The highest BCUT2D eigenvalue weighted by Gasteiger charge is 2.18. The molecule has 0 bridgehead atoms. The van der Waals surface area contributed by atoms with Gasteiger partial charge in [0.25, 0.3) is 0 Å². The van der Waals surface area contributed by atoms with Crippen LogP contribution < -0.4 is 0 Å². The first-order valence-corrected chi connectivity index (χ1v) is 5.38. The molecule has 0 fully saturated rings. The number of nitrogens with zero attached hydrogens (tertiary/aromatic N) is 3. The van der Waals surface area contributed by atoms with Gasteiger partial charge in [-0.05, 0) is 18.4 Å². The van der Waals surface area contributed by atoms with Crippen LogP contribution in [-0.2, 0) is 11.2 Å². The van der Waals surface area contributed by atoms with Gasteiger partial charge in [-0.1, -0.05) is 30.3 Å². The molecule has 88 valence electrons. The first kappa shape index (κ1) is 11.3. The minimum absolute atomic E-state index is 0.525. The predicted molar refractivity (Wildman–Crippen MR) is 61.5 cm³/mol. The van der Waals surface area contributed by atoms with E-state index in [1.165, 1.54) is 17.2 Å². The fourth-order valence-electron chi connectivity index (χ4n) is 1.72. The van der Waals surface area contributed by atoms with Crippen molar-refractivity contribution >= 4 is 5.97 Å². The van der Waals surface area contributed by atoms with E-state index in [1.807, 2.05) is 30.3 Å². The molecule has 0 saturated heterocycles. The highest BCUT2D eigenvalue weighted by Crippen LogP contribution is 2.14. The molecule has 1 aromatic carbocycles. The summed E-state index contributed by atoms with van der Waals surface area (Å²) in [5.74, 6) is -0.860. The SMILES string of the molecule is O=C(O)C(CCc1ccccc1)n1cnnc1. The second-order valence-electron chi connectivity index (χ2n) is 3.79. The smallest absolute Gasteiger partial charge is 0.326 e. The van der Waals surface area contributed by atoms with Crippen LogP contribution in [0.2, 0.25) is 0 Å². The lowest BCUT2D eigenvalue weighted by Gasteiger charge is -2.12. The lowest BCUT2D eigenvalue weighted by molar-refractivity contribution is -0.141. The summed E-state index contributed by atoms with van der Waals surface area (Å²) in [6.07, 6.45) is 4.11. The van der Waals surface area contributed by atoms with Crippen molar-refractivity contribution in [2.45, 2.75) is 18.9 Å². The van der Waals surface area contributed by atoms with Gasteiger partial charge in [0.15, 0.2) is 0 Å². The van der Waals surface area contributed by atoms with Crippen molar-refractivity contribution in [3.63, 3.8) is 0 Å². The highest BCUT2D eigenvalue weighted by molar-refractivity contribution is 5.71. The minimum atomic E-state index is -0.860. The van der Waals surface area contributed by atoms with E-state index in [9.17, 15) is 4.79 Å². The Labute approximate surface area is 98.7 Å². The lowest BCUT2D eigenvalue weighted by Crippen LogP contribution is -2.18. The Morgan fingerprint density at radius 2 is 1.88 bits per heavy atom. The Morgan fingerprint density at radius 1 is 1.24 bits per heavy atom. The molecule has 17 heavy (non-hydrogen) atoms. The Kier molecular flexibility index (Phi) is 3.49. The zero-order valence-corrected chi connectivity index (χ0v) is 9.23. The van der Waals surface area contributed by atoms with Crippen LogP contribution >= 0.6 is 0 Å². The molecule has 1 aromatic heterocycles. The normalized spacial score (nSPS) is 12.2. The van der Waals surface area contributed by atoms with Crippen LogP contribution in [0.3, 0.4) is 0 Å². The second kappa shape index (κ2) is 5.25. The second-order valence-corrected chi connectivity index (χ2v) is 3.79. The maximum atomic E-state index is 11.1. The van der Waals surface area contributed by atoms with Crippen LogP contribution in [-0.4, -0.2) is 25.8 Å². The number of aryl methyl sites for hydroxylation is 1. The van der Waals surface area contributed by atoms with E-state index < -0.39 is 12.0 Å². The Balaban J connectivity index is 2.03. The summed E-state index contributed by atoms with van der Waals surface area (Å²) in [7, 11) is 0. The number of hydrogen-bond acceptors (Lipinski definition) is 3. The van der Waals surface area contributed by atoms with Crippen molar-refractivity contribution in [3.05, 3.63) is 48.5 Å². The maximum absolute atomic E-state index is 11.1. The Bertz CT molecular complexity index is 468. The summed E-state index contributed by atoms with van der Waals surface area (Å²) in [6.45, 7) is 0. The molecule has 2 rings (SSSR count). The van der Waals surface area contributed by atoms with E-state index in [4.69, 9.17) is 5.11 Å². The van der Waals surface area contributed by atoms with Crippen LogP contribution in [0, 0.1) is 0 Å². The number of rotatable bonds is 5. The molecule has 1 heterocycles. The molecule has 0 aliphatic heterocycles. The molecule has 5 heteroatoms. The molecule has 1 atom stereocenters. The van der Waals surface area contributed by atoms with E-state index in [0.29, 0.717) is 6.42 Å². The molecule has 1 N–H and O–H groups in total. The van der Waals surface area contributed by atoms with Crippen molar-refractivity contribution < 1.29 is 9.90 Å². The summed E-state index contributed by atoms with van der Waals surface area (Å²) in [5.41, 5.74) is 1.13. The van der Waals surface area contributed by atoms with Crippen molar-refractivity contribution in [1.82, 2.24) is 14.8 Å². The van der Waals surface area contributed by atoms with Gasteiger partial charge in [0, 0.05) is 0 Å². The molecular formula is C12H13N3O2. The summed E-state index contributed by atoms with van der Waals surface area (Å²) in [4.78, 5) is 11.1. The topological polar surface area (TPSA) is 68.0 Å². The number of carboxylic acids is 1. The van der Waals surface area contributed by atoms with Crippen LogP contribution in [0.1, 0.15) is 18.0 Å². The van der Waals surface area contributed by atoms with Crippen molar-refractivity contribution in [3.8, 4) is 0 Å². The van der Waals surface area contributed by atoms with Crippen molar-refractivity contribution in [2.24, 2.45) is 0 Å². The van der Waals surface area contributed by atoms with Crippen molar-refractivity contribution in [2.75, 3.05) is 0 Å². The van der Waals surface area contributed by atoms with E-state index in [1.54, 1.807) is 0 Å². The van der Waals surface area contributed by atoms with E-state index in [2.05, 4.69) is 10.2 Å². The van der Waals surface area contributed by atoms with Gasteiger partial charge in [-0.15, -0.1) is 10.2 Å². The number of aromatic nitrogens is 3. The fraction of sp³-hybridized carbons (Fsp3) is 0.250. The maximum Gasteiger partial charge on any atom is 0.326 e. The summed E-state index contributed by atoms with van der Waals surface area (Å²) in [6, 6.07) is 9.22. The third-order valence-corrected chi connectivity index (χ3v) is 2.63. The van der Waals surface area contributed by atoms with E-state index >= 15 is 0 Å². The molecule has 0 aliphatic rings. The van der Waals surface area contributed by atoms with Gasteiger partial charge >= 0.3 is 5.97 Å². The van der Waals surface area contributed by atoms with Crippen molar-refractivity contribution in [1.29, 1.82) is 0 Å². The largest absolute Gasteiger partial charge is 0.480 e.